The Morgan fingerprint density at radius 2 is 1.68 bits per heavy atom. The molecule has 0 saturated heterocycles. The van der Waals surface area contributed by atoms with E-state index in [4.69, 9.17) is 15.5 Å². The van der Waals surface area contributed by atoms with Crippen LogP contribution in [0.4, 0.5) is 5.82 Å². The second-order valence-corrected chi connectivity index (χ2v) is 10.6. The maximum absolute atomic E-state index is 11.6. The number of phenols is 1. The summed E-state index contributed by atoms with van der Waals surface area (Å²) in [5.74, 6) is 1.19. The number of carbonyl (C=O) groups excluding carboxylic acids is 2. The molecular weight excluding hydrogens is 518 g/mol. The third kappa shape index (κ3) is 6.25. The SMILES string of the molecule is CCCCc1nc2c(N)nc3ccc(CCCOCCCN4C(=O)C=CC4=O)cc3c2n1Cc1ccc(O)c(C)c1. The molecule has 4 aromatic rings. The average Bonchev–Trinajstić information content (AvgIpc) is 3.48. The summed E-state index contributed by atoms with van der Waals surface area (Å²) in [6.45, 7) is 6.16. The number of unbranched alkanes of at least 4 members (excludes halogenated alkanes) is 1. The normalized spacial score (nSPS) is 13.4. The lowest BCUT2D eigenvalue weighted by molar-refractivity contribution is -0.136. The molecule has 3 heterocycles. The minimum Gasteiger partial charge on any atom is -0.508 e. The summed E-state index contributed by atoms with van der Waals surface area (Å²) < 4.78 is 8.03. The number of benzene rings is 2. The molecule has 2 aromatic carbocycles. The minimum atomic E-state index is -0.256. The van der Waals surface area contributed by atoms with E-state index in [0.717, 1.165) is 71.0 Å². The molecule has 3 N–H and O–H groups in total. The van der Waals surface area contributed by atoms with Crippen molar-refractivity contribution in [2.24, 2.45) is 0 Å². The molecule has 1 aliphatic heterocycles. The zero-order chi connectivity index (χ0) is 28.9. The topological polar surface area (TPSA) is 124 Å². The first-order chi connectivity index (χ1) is 19.9. The number of aromatic nitrogens is 3. The summed E-state index contributed by atoms with van der Waals surface area (Å²) in [6.07, 6.45) is 7.83. The monoisotopic (exact) mass is 555 g/mol. The number of anilines is 1. The van der Waals surface area contributed by atoms with Crippen LogP contribution in [0.2, 0.25) is 0 Å². The van der Waals surface area contributed by atoms with Gasteiger partial charge in [-0.25, -0.2) is 9.97 Å². The van der Waals surface area contributed by atoms with Gasteiger partial charge < -0.3 is 20.1 Å². The number of pyridine rings is 1. The van der Waals surface area contributed by atoms with Gasteiger partial charge in [-0.1, -0.05) is 31.5 Å². The van der Waals surface area contributed by atoms with Crippen LogP contribution < -0.4 is 5.73 Å². The zero-order valence-corrected chi connectivity index (χ0v) is 23.7. The van der Waals surface area contributed by atoms with Crippen LogP contribution >= 0.6 is 0 Å². The Morgan fingerprint density at radius 1 is 0.927 bits per heavy atom. The predicted octanol–water partition coefficient (Wildman–Crippen LogP) is 4.84. The second-order valence-electron chi connectivity index (χ2n) is 10.6. The Morgan fingerprint density at radius 3 is 2.44 bits per heavy atom. The van der Waals surface area contributed by atoms with Gasteiger partial charge in [0, 0.05) is 50.3 Å². The molecule has 5 rings (SSSR count). The molecule has 9 nitrogen and oxygen atoms in total. The molecule has 9 heteroatoms. The lowest BCUT2D eigenvalue weighted by Crippen LogP contribution is -2.31. The highest BCUT2D eigenvalue weighted by Gasteiger charge is 2.22. The number of hydrogen-bond acceptors (Lipinski definition) is 7. The predicted molar refractivity (Wildman–Crippen MR) is 160 cm³/mol. The van der Waals surface area contributed by atoms with E-state index in [1.807, 2.05) is 25.1 Å². The van der Waals surface area contributed by atoms with E-state index in [0.29, 0.717) is 38.5 Å². The summed E-state index contributed by atoms with van der Waals surface area (Å²) in [6, 6.07) is 12.0. The maximum Gasteiger partial charge on any atom is 0.253 e. The van der Waals surface area contributed by atoms with E-state index in [1.165, 1.54) is 22.6 Å². The van der Waals surface area contributed by atoms with Gasteiger partial charge in [0.1, 0.15) is 17.1 Å². The van der Waals surface area contributed by atoms with Gasteiger partial charge in [0.15, 0.2) is 5.82 Å². The number of imidazole rings is 1. The Labute approximate surface area is 239 Å². The number of nitrogen functional groups attached to an aromatic ring is 1. The third-order valence-corrected chi connectivity index (χ3v) is 7.53. The van der Waals surface area contributed by atoms with Gasteiger partial charge in [0.25, 0.3) is 11.8 Å². The Bertz CT molecular complexity index is 1610. The summed E-state index contributed by atoms with van der Waals surface area (Å²) in [7, 11) is 0. The van der Waals surface area contributed by atoms with Crippen molar-refractivity contribution in [1.29, 1.82) is 0 Å². The van der Waals surface area contributed by atoms with E-state index >= 15 is 0 Å². The number of nitrogens with two attached hydrogens (primary N) is 1. The van der Waals surface area contributed by atoms with Crippen molar-refractivity contribution in [3.8, 4) is 5.75 Å². The average molecular weight is 556 g/mol. The number of carbonyl (C=O) groups is 2. The van der Waals surface area contributed by atoms with Crippen molar-refractivity contribution < 1.29 is 19.4 Å². The number of imide groups is 1. The zero-order valence-electron chi connectivity index (χ0n) is 23.7. The second kappa shape index (κ2) is 12.5. The van der Waals surface area contributed by atoms with Crippen molar-refractivity contribution in [1.82, 2.24) is 19.4 Å². The molecule has 0 unspecified atom stereocenters. The highest BCUT2D eigenvalue weighted by molar-refractivity contribution is 6.12. The van der Waals surface area contributed by atoms with Crippen LogP contribution in [0.15, 0.2) is 48.6 Å². The molecule has 0 aliphatic carbocycles. The summed E-state index contributed by atoms with van der Waals surface area (Å²) in [4.78, 5) is 34.2. The number of rotatable bonds is 13. The number of aryl methyl sites for hydroxylation is 3. The molecule has 0 fully saturated rings. The van der Waals surface area contributed by atoms with Gasteiger partial charge in [0.2, 0.25) is 0 Å². The number of fused-ring (bicyclic) bond motifs is 3. The maximum atomic E-state index is 11.6. The quantitative estimate of drug-likeness (QED) is 0.179. The fourth-order valence-corrected chi connectivity index (χ4v) is 5.31. The lowest BCUT2D eigenvalue weighted by Gasteiger charge is -2.13. The van der Waals surface area contributed by atoms with Gasteiger partial charge in [-0.15, -0.1) is 0 Å². The Kier molecular flexibility index (Phi) is 8.64. The Hall–Kier alpha value is -4.24. The van der Waals surface area contributed by atoms with E-state index in [2.05, 4.69) is 28.6 Å². The van der Waals surface area contributed by atoms with Crippen molar-refractivity contribution in [2.75, 3.05) is 25.5 Å². The lowest BCUT2D eigenvalue weighted by atomic mass is 10.1. The van der Waals surface area contributed by atoms with Gasteiger partial charge in [-0.3, -0.25) is 14.5 Å². The van der Waals surface area contributed by atoms with Crippen LogP contribution in [-0.2, 0) is 33.7 Å². The first kappa shape index (κ1) is 28.3. The molecule has 2 aromatic heterocycles. The number of aromatic hydroxyl groups is 1. The van der Waals surface area contributed by atoms with Gasteiger partial charge >= 0.3 is 0 Å². The summed E-state index contributed by atoms with van der Waals surface area (Å²) in [5.41, 5.74) is 12.1. The number of hydrogen-bond donors (Lipinski definition) is 2. The number of ether oxygens (including phenoxy) is 1. The molecule has 0 radical (unpaired) electrons. The van der Waals surface area contributed by atoms with E-state index in [1.54, 1.807) is 6.07 Å². The fraction of sp³-hybridized carbons (Fsp3) is 0.375. The molecule has 0 spiro atoms. The fourth-order valence-electron chi connectivity index (χ4n) is 5.31. The van der Waals surface area contributed by atoms with Crippen molar-refractivity contribution in [3.63, 3.8) is 0 Å². The van der Waals surface area contributed by atoms with Crippen LogP contribution in [0.1, 0.15) is 55.1 Å². The molecule has 0 bridgehead atoms. The minimum absolute atomic E-state index is 0.256. The summed E-state index contributed by atoms with van der Waals surface area (Å²) >= 11 is 0. The molecular formula is C32H37N5O4. The van der Waals surface area contributed by atoms with Gasteiger partial charge in [-0.05, 0) is 67.5 Å². The smallest absolute Gasteiger partial charge is 0.253 e. The van der Waals surface area contributed by atoms with Crippen molar-refractivity contribution in [2.45, 2.75) is 58.9 Å². The molecule has 41 heavy (non-hydrogen) atoms. The van der Waals surface area contributed by atoms with E-state index in [-0.39, 0.29) is 17.6 Å². The number of amides is 2. The van der Waals surface area contributed by atoms with Crippen LogP contribution in [-0.4, -0.2) is 56.1 Å². The van der Waals surface area contributed by atoms with Crippen LogP contribution in [0.5, 0.6) is 5.75 Å². The van der Waals surface area contributed by atoms with E-state index in [9.17, 15) is 14.7 Å². The van der Waals surface area contributed by atoms with Crippen LogP contribution in [0, 0.1) is 6.92 Å². The standard InChI is InChI=1S/C32H37N5O4/c1-3-4-8-27-35-30-31(37(27)20-23-10-12-26(38)21(2)18-23)24-19-22(9-11-25(24)34-32(30)33)7-5-16-41-17-6-15-36-28(39)13-14-29(36)40/h9-14,18-19,38H,3-8,15-17,20H2,1-2H3,(H2,33,34). The molecule has 0 saturated carbocycles. The van der Waals surface area contributed by atoms with Gasteiger partial charge in [0.05, 0.1) is 11.0 Å². The van der Waals surface area contributed by atoms with Crippen molar-refractivity contribution in [3.05, 3.63) is 71.1 Å². The van der Waals surface area contributed by atoms with Crippen molar-refractivity contribution >= 4 is 39.6 Å². The molecule has 1 aliphatic rings. The first-order valence-electron chi connectivity index (χ1n) is 14.3. The summed E-state index contributed by atoms with van der Waals surface area (Å²) in [5, 5.41) is 11.1. The first-order valence-corrected chi connectivity index (χ1v) is 14.3. The number of phenolic OH excluding ortho intramolecular Hbond substituents is 1. The van der Waals surface area contributed by atoms with E-state index < -0.39 is 0 Å². The largest absolute Gasteiger partial charge is 0.508 e. The Balaban J connectivity index is 1.33. The molecule has 0 atom stereocenters. The molecule has 2 amide bonds. The molecule has 214 valence electrons. The number of nitrogens with zero attached hydrogens (tertiary/aromatic N) is 4. The highest BCUT2D eigenvalue weighted by Crippen LogP contribution is 2.31. The van der Waals surface area contributed by atoms with Crippen LogP contribution in [0.25, 0.3) is 21.9 Å². The third-order valence-electron chi connectivity index (χ3n) is 7.53. The highest BCUT2D eigenvalue weighted by atomic mass is 16.5. The van der Waals surface area contributed by atoms with Crippen LogP contribution in [0.3, 0.4) is 0 Å². The van der Waals surface area contributed by atoms with Gasteiger partial charge in [-0.2, -0.15) is 0 Å².